The van der Waals surface area contributed by atoms with Crippen LogP contribution in [0.1, 0.15) is 30.5 Å². The van der Waals surface area contributed by atoms with Crippen LogP contribution in [0, 0.1) is 16.7 Å². The van der Waals surface area contributed by atoms with Crippen molar-refractivity contribution in [2.75, 3.05) is 20.3 Å². The molecule has 1 unspecified atom stereocenters. The number of rotatable bonds is 5. The Morgan fingerprint density at radius 1 is 1.39 bits per heavy atom. The Morgan fingerprint density at radius 3 is 2.44 bits per heavy atom. The second kappa shape index (κ2) is 5.51. The van der Waals surface area contributed by atoms with Crippen molar-refractivity contribution < 1.29 is 4.74 Å². The van der Waals surface area contributed by atoms with Gasteiger partial charge >= 0.3 is 0 Å². The molecule has 1 N–H and O–H groups in total. The van der Waals surface area contributed by atoms with E-state index in [1.165, 1.54) is 11.1 Å². The monoisotopic (exact) mass is 244 g/mol. The number of nitriles is 1. The summed E-state index contributed by atoms with van der Waals surface area (Å²) < 4.78 is 5.23. The first kappa shape index (κ1) is 13.1. The Morgan fingerprint density at radius 2 is 2.06 bits per heavy atom. The van der Waals surface area contributed by atoms with E-state index in [0.29, 0.717) is 13.2 Å². The molecule has 1 aliphatic heterocycles. The van der Waals surface area contributed by atoms with Crippen molar-refractivity contribution in [2.24, 2.45) is 5.41 Å². The van der Waals surface area contributed by atoms with Gasteiger partial charge in [0.25, 0.3) is 0 Å². The molecule has 2 rings (SSSR count). The molecule has 1 atom stereocenters. The third-order valence-electron chi connectivity index (χ3n) is 3.63. The van der Waals surface area contributed by atoms with Crippen molar-refractivity contribution in [1.29, 1.82) is 5.26 Å². The molecule has 1 aromatic rings. The first-order valence-corrected chi connectivity index (χ1v) is 6.51. The van der Waals surface area contributed by atoms with Crippen molar-refractivity contribution in [3.8, 4) is 6.07 Å². The Kier molecular flexibility index (Phi) is 4.00. The second-order valence-electron chi connectivity index (χ2n) is 4.97. The zero-order valence-corrected chi connectivity index (χ0v) is 11.1. The van der Waals surface area contributed by atoms with Crippen LogP contribution >= 0.6 is 0 Å². The van der Waals surface area contributed by atoms with Crippen LogP contribution in [0.25, 0.3) is 0 Å². The van der Waals surface area contributed by atoms with E-state index in [1.54, 1.807) is 0 Å². The standard InChI is InChI=1S/C15H20N2O/c1-3-4-12-5-7-13(8-6-12)14(17-2)15(9-16)10-18-11-15/h5-8,14,17H,3-4,10-11H2,1-2H3. The smallest absolute Gasteiger partial charge is 0.123 e. The van der Waals surface area contributed by atoms with E-state index in [0.717, 1.165) is 12.8 Å². The average Bonchev–Trinajstić information content (AvgIpc) is 2.35. The van der Waals surface area contributed by atoms with Crippen LogP contribution in [0.2, 0.25) is 0 Å². The van der Waals surface area contributed by atoms with Gasteiger partial charge in [-0.1, -0.05) is 37.6 Å². The summed E-state index contributed by atoms with van der Waals surface area (Å²) in [5, 5.41) is 12.6. The maximum Gasteiger partial charge on any atom is 0.123 e. The summed E-state index contributed by atoms with van der Waals surface area (Å²) in [5.41, 5.74) is 2.12. The predicted octanol–water partition coefficient (Wildman–Crippen LogP) is 2.44. The number of benzene rings is 1. The highest BCUT2D eigenvalue weighted by Gasteiger charge is 2.46. The first-order valence-electron chi connectivity index (χ1n) is 6.51. The molecule has 0 aromatic heterocycles. The van der Waals surface area contributed by atoms with E-state index < -0.39 is 5.41 Å². The third kappa shape index (κ3) is 2.27. The summed E-state index contributed by atoms with van der Waals surface area (Å²) in [6, 6.07) is 11.0. The fourth-order valence-corrected chi connectivity index (χ4v) is 2.55. The van der Waals surface area contributed by atoms with Gasteiger partial charge < -0.3 is 10.1 Å². The lowest BCUT2D eigenvalue weighted by atomic mass is 9.76. The van der Waals surface area contributed by atoms with Gasteiger partial charge in [-0.2, -0.15) is 5.26 Å². The summed E-state index contributed by atoms with van der Waals surface area (Å²) in [5.74, 6) is 0. The SMILES string of the molecule is CCCc1ccc(C(NC)C2(C#N)COC2)cc1. The molecule has 18 heavy (non-hydrogen) atoms. The fraction of sp³-hybridized carbons (Fsp3) is 0.533. The molecule has 1 fully saturated rings. The summed E-state index contributed by atoms with van der Waals surface area (Å²) in [6.07, 6.45) is 2.27. The molecule has 1 aromatic carbocycles. The summed E-state index contributed by atoms with van der Waals surface area (Å²) >= 11 is 0. The Bertz CT molecular complexity index is 429. The quantitative estimate of drug-likeness (QED) is 0.865. The largest absolute Gasteiger partial charge is 0.378 e. The normalized spacial score (nSPS) is 18.7. The number of hydrogen-bond donors (Lipinski definition) is 1. The van der Waals surface area contributed by atoms with Crippen LogP contribution in [0.5, 0.6) is 0 Å². The van der Waals surface area contributed by atoms with Crippen LogP contribution in [0.4, 0.5) is 0 Å². The van der Waals surface area contributed by atoms with Gasteiger partial charge in [0.05, 0.1) is 25.3 Å². The van der Waals surface area contributed by atoms with E-state index in [1.807, 2.05) is 7.05 Å². The maximum atomic E-state index is 9.37. The Labute approximate surface area is 109 Å². The third-order valence-corrected chi connectivity index (χ3v) is 3.63. The number of nitrogens with zero attached hydrogens (tertiary/aromatic N) is 1. The Balaban J connectivity index is 2.20. The second-order valence-corrected chi connectivity index (χ2v) is 4.97. The van der Waals surface area contributed by atoms with E-state index in [-0.39, 0.29) is 6.04 Å². The number of nitrogens with one attached hydrogen (secondary N) is 1. The molecule has 0 amide bonds. The lowest BCUT2D eigenvalue weighted by Crippen LogP contribution is -2.50. The minimum absolute atomic E-state index is 0.0481. The van der Waals surface area contributed by atoms with E-state index in [2.05, 4.69) is 42.6 Å². The van der Waals surface area contributed by atoms with Crippen LogP contribution in [0.3, 0.4) is 0 Å². The van der Waals surface area contributed by atoms with Gasteiger partial charge in [-0.15, -0.1) is 0 Å². The van der Waals surface area contributed by atoms with Crippen LogP contribution < -0.4 is 5.32 Å². The van der Waals surface area contributed by atoms with Gasteiger partial charge in [-0.3, -0.25) is 0 Å². The van der Waals surface area contributed by atoms with E-state index in [4.69, 9.17) is 4.74 Å². The highest BCUT2D eigenvalue weighted by atomic mass is 16.5. The molecule has 1 aliphatic rings. The molecule has 3 heteroatoms. The number of ether oxygens (including phenoxy) is 1. The average molecular weight is 244 g/mol. The molecule has 0 saturated carbocycles. The zero-order chi connectivity index (χ0) is 13.0. The van der Waals surface area contributed by atoms with Crippen molar-refractivity contribution in [2.45, 2.75) is 25.8 Å². The van der Waals surface area contributed by atoms with Crippen LogP contribution in [-0.2, 0) is 11.2 Å². The van der Waals surface area contributed by atoms with Gasteiger partial charge in [0, 0.05) is 0 Å². The molecular weight excluding hydrogens is 224 g/mol. The van der Waals surface area contributed by atoms with Gasteiger partial charge in [0.2, 0.25) is 0 Å². The van der Waals surface area contributed by atoms with Crippen LogP contribution in [-0.4, -0.2) is 20.3 Å². The molecule has 0 bridgehead atoms. The number of hydrogen-bond acceptors (Lipinski definition) is 3. The van der Waals surface area contributed by atoms with Gasteiger partial charge in [-0.25, -0.2) is 0 Å². The van der Waals surface area contributed by atoms with Crippen molar-refractivity contribution >= 4 is 0 Å². The lowest BCUT2D eigenvalue weighted by molar-refractivity contribution is -0.0963. The minimum Gasteiger partial charge on any atom is -0.378 e. The molecule has 1 heterocycles. The molecule has 0 radical (unpaired) electrons. The molecule has 0 spiro atoms. The van der Waals surface area contributed by atoms with Crippen LogP contribution in [0.15, 0.2) is 24.3 Å². The van der Waals surface area contributed by atoms with Gasteiger partial charge in [0.1, 0.15) is 5.41 Å². The van der Waals surface area contributed by atoms with Gasteiger partial charge in [0.15, 0.2) is 0 Å². The minimum atomic E-state index is -0.402. The van der Waals surface area contributed by atoms with Gasteiger partial charge in [-0.05, 0) is 24.6 Å². The fourth-order valence-electron chi connectivity index (χ4n) is 2.55. The van der Waals surface area contributed by atoms with Crippen molar-refractivity contribution in [1.82, 2.24) is 5.32 Å². The highest BCUT2D eigenvalue weighted by molar-refractivity contribution is 5.29. The molecular formula is C15H20N2O. The molecule has 96 valence electrons. The number of aryl methyl sites for hydroxylation is 1. The van der Waals surface area contributed by atoms with Crippen molar-refractivity contribution in [3.05, 3.63) is 35.4 Å². The maximum absolute atomic E-state index is 9.37. The van der Waals surface area contributed by atoms with Crippen molar-refractivity contribution in [3.63, 3.8) is 0 Å². The summed E-state index contributed by atoms with van der Waals surface area (Å²) in [7, 11) is 1.90. The molecule has 0 aliphatic carbocycles. The predicted molar refractivity (Wildman–Crippen MR) is 71.1 cm³/mol. The topological polar surface area (TPSA) is 45.0 Å². The summed E-state index contributed by atoms with van der Waals surface area (Å²) in [4.78, 5) is 0. The zero-order valence-electron chi connectivity index (χ0n) is 11.1. The van der Waals surface area contributed by atoms with E-state index in [9.17, 15) is 5.26 Å². The highest BCUT2D eigenvalue weighted by Crippen LogP contribution is 2.39. The summed E-state index contributed by atoms with van der Waals surface area (Å²) in [6.45, 7) is 3.22. The lowest BCUT2D eigenvalue weighted by Gasteiger charge is -2.41. The Hall–Kier alpha value is -1.37. The molecule has 3 nitrogen and oxygen atoms in total. The first-order chi connectivity index (χ1) is 8.75. The molecule has 1 saturated heterocycles. The van der Waals surface area contributed by atoms with E-state index >= 15 is 0 Å².